The SMILES string of the molecule is COc1cccc2cc(-c3cc4[nH]c(C5CCNC(C)C5)ncc-4n3)oc12.Cl.O. The number of nitrogens with zero attached hydrogens (tertiary/aromatic N) is 2. The second-order valence-corrected chi connectivity index (χ2v) is 7.27. The van der Waals surface area contributed by atoms with Gasteiger partial charge in [0.05, 0.1) is 19.0 Å². The highest BCUT2D eigenvalue weighted by Gasteiger charge is 2.23. The quantitative estimate of drug-likeness (QED) is 0.528. The van der Waals surface area contributed by atoms with Crippen LogP contribution < -0.4 is 10.1 Å². The van der Waals surface area contributed by atoms with Crippen LogP contribution in [0.15, 0.2) is 40.9 Å². The Morgan fingerprint density at radius 1 is 1.21 bits per heavy atom. The summed E-state index contributed by atoms with van der Waals surface area (Å²) in [5.74, 6) is 2.96. The standard InChI is InChI=1S/C21H22N4O2.ClH.H2O/c1-12-8-14(6-7-22-12)21-23-11-17-15(25-21)10-16(24-17)19-9-13-4-3-5-18(26-2)20(13)27-19;;/h3-5,9-12,14,22H,6-8H2,1-2H3,(H,23,25);1H;1H2. The number of furan rings is 1. The molecule has 4 N–H and O–H groups in total. The molecule has 0 aliphatic carbocycles. The van der Waals surface area contributed by atoms with E-state index in [-0.39, 0.29) is 17.9 Å². The number of aromatic amines is 1. The molecule has 2 unspecified atom stereocenters. The Morgan fingerprint density at radius 2 is 2.07 bits per heavy atom. The van der Waals surface area contributed by atoms with E-state index in [0.29, 0.717) is 12.0 Å². The van der Waals surface area contributed by atoms with Gasteiger partial charge in [0.25, 0.3) is 0 Å². The predicted octanol–water partition coefficient (Wildman–Crippen LogP) is 3.78. The maximum atomic E-state index is 6.04. The number of piperidine rings is 1. The van der Waals surface area contributed by atoms with Gasteiger partial charge in [-0.2, -0.15) is 0 Å². The maximum Gasteiger partial charge on any atom is 0.176 e. The lowest BCUT2D eigenvalue weighted by atomic mass is 9.92. The van der Waals surface area contributed by atoms with E-state index < -0.39 is 0 Å². The van der Waals surface area contributed by atoms with E-state index in [1.165, 1.54) is 0 Å². The first-order chi connectivity index (χ1) is 13.2. The van der Waals surface area contributed by atoms with Crippen molar-refractivity contribution in [3.63, 3.8) is 0 Å². The van der Waals surface area contributed by atoms with Crippen LogP contribution >= 0.6 is 12.4 Å². The number of methoxy groups -OCH3 is 1. The molecule has 3 aliphatic rings. The number of nitrogens with one attached hydrogen (secondary N) is 2. The predicted molar refractivity (Wildman–Crippen MR) is 115 cm³/mol. The first-order valence-electron chi connectivity index (χ1n) is 9.37. The maximum absolute atomic E-state index is 6.04. The molecule has 0 saturated carbocycles. The van der Waals surface area contributed by atoms with Crippen molar-refractivity contribution in [1.29, 1.82) is 0 Å². The Hall–Kier alpha value is -2.61. The summed E-state index contributed by atoms with van der Waals surface area (Å²) in [5.41, 5.74) is 3.39. The van der Waals surface area contributed by atoms with Gasteiger partial charge in [-0.05, 0) is 44.5 Å². The molecule has 7 nitrogen and oxygen atoms in total. The third-order valence-electron chi connectivity index (χ3n) is 5.38. The monoisotopic (exact) mass is 416 g/mol. The van der Waals surface area contributed by atoms with E-state index in [9.17, 15) is 0 Å². The van der Waals surface area contributed by atoms with Crippen molar-refractivity contribution in [3.8, 4) is 28.6 Å². The van der Waals surface area contributed by atoms with Crippen LogP contribution in [-0.2, 0) is 0 Å². The Bertz CT molecular complexity index is 1080. The molecule has 2 aromatic rings. The van der Waals surface area contributed by atoms with Crippen LogP contribution in [0.1, 0.15) is 31.5 Å². The number of fused-ring (bicyclic) bond motifs is 2. The van der Waals surface area contributed by atoms with Crippen LogP contribution in [0.4, 0.5) is 0 Å². The van der Waals surface area contributed by atoms with E-state index in [0.717, 1.165) is 64.8 Å². The smallest absolute Gasteiger partial charge is 0.176 e. The van der Waals surface area contributed by atoms with Gasteiger partial charge in [0.2, 0.25) is 0 Å². The van der Waals surface area contributed by atoms with E-state index >= 15 is 0 Å². The number of hydrogen-bond acceptors (Lipinski definition) is 5. The zero-order valence-electron chi connectivity index (χ0n) is 16.4. The number of para-hydroxylation sites is 1. The van der Waals surface area contributed by atoms with Crippen LogP contribution in [0.5, 0.6) is 5.75 Å². The Labute approximate surface area is 174 Å². The largest absolute Gasteiger partial charge is 0.493 e. The molecule has 0 bridgehead atoms. The van der Waals surface area contributed by atoms with Gasteiger partial charge >= 0.3 is 0 Å². The fraction of sp³-hybridized carbons (Fsp3) is 0.333. The molecule has 8 heteroatoms. The van der Waals surface area contributed by atoms with Crippen LogP contribution in [0.3, 0.4) is 0 Å². The third-order valence-corrected chi connectivity index (χ3v) is 5.38. The van der Waals surface area contributed by atoms with Gasteiger partial charge in [-0.3, -0.25) is 0 Å². The topological polar surface area (TPSA) is 107 Å². The molecular weight excluding hydrogens is 392 g/mol. The van der Waals surface area contributed by atoms with Gasteiger partial charge in [0.15, 0.2) is 17.1 Å². The summed E-state index contributed by atoms with van der Waals surface area (Å²) in [6.45, 7) is 3.26. The van der Waals surface area contributed by atoms with E-state index in [4.69, 9.17) is 14.1 Å². The molecular formula is C21H25ClN4O3. The molecule has 1 aromatic carbocycles. The highest BCUT2D eigenvalue weighted by Crippen LogP contribution is 2.35. The van der Waals surface area contributed by atoms with Crippen molar-refractivity contribution in [3.05, 3.63) is 42.4 Å². The molecule has 4 heterocycles. The Morgan fingerprint density at radius 3 is 2.86 bits per heavy atom. The lowest BCUT2D eigenvalue weighted by Crippen LogP contribution is -2.35. The van der Waals surface area contributed by atoms with Crippen LogP contribution in [0, 0.1) is 0 Å². The molecule has 3 aliphatic heterocycles. The van der Waals surface area contributed by atoms with Crippen molar-refractivity contribution in [1.82, 2.24) is 20.3 Å². The normalized spacial score (nSPS) is 19.0. The van der Waals surface area contributed by atoms with Crippen LogP contribution in [0.25, 0.3) is 33.8 Å². The lowest BCUT2D eigenvalue weighted by Gasteiger charge is -2.27. The molecule has 0 radical (unpaired) electrons. The number of H-pyrrole nitrogens is 1. The number of benzene rings is 1. The van der Waals surface area contributed by atoms with Gasteiger partial charge in [-0.15, -0.1) is 12.4 Å². The van der Waals surface area contributed by atoms with Crippen LogP contribution in [-0.4, -0.2) is 40.1 Å². The summed E-state index contributed by atoms with van der Waals surface area (Å²) < 4.78 is 11.4. The van der Waals surface area contributed by atoms with Crippen molar-refractivity contribution in [2.75, 3.05) is 13.7 Å². The third kappa shape index (κ3) is 3.81. The summed E-state index contributed by atoms with van der Waals surface area (Å²) in [6, 6.07) is 10.4. The number of aromatic nitrogens is 3. The molecule has 1 saturated heterocycles. The molecule has 5 rings (SSSR count). The van der Waals surface area contributed by atoms with E-state index in [2.05, 4.69) is 22.2 Å². The molecule has 2 atom stereocenters. The van der Waals surface area contributed by atoms with Gasteiger partial charge in [-0.25, -0.2) is 9.97 Å². The lowest BCUT2D eigenvalue weighted by molar-refractivity contribution is 0.371. The Kier molecular flexibility index (Phi) is 6.12. The van der Waals surface area contributed by atoms with Crippen molar-refractivity contribution >= 4 is 23.4 Å². The minimum atomic E-state index is 0. The van der Waals surface area contributed by atoms with E-state index in [1.807, 2.05) is 36.5 Å². The fourth-order valence-electron chi connectivity index (χ4n) is 3.97. The molecule has 1 aromatic heterocycles. The summed E-state index contributed by atoms with van der Waals surface area (Å²) in [6.07, 6.45) is 4.06. The number of halogens is 1. The zero-order valence-corrected chi connectivity index (χ0v) is 17.2. The summed E-state index contributed by atoms with van der Waals surface area (Å²) in [5, 5.41) is 4.49. The fourth-order valence-corrected chi connectivity index (χ4v) is 3.97. The molecule has 1 fully saturated rings. The molecule has 29 heavy (non-hydrogen) atoms. The van der Waals surface area contributed by atoms with Crippen molar-refractivity contribution < 1.29 is 14.6 Å². The molecule has 0 spiro atoms. The number of ether oxygens (including phenoxy) is 1. The zero-order chi connectivity index (χ0) is 18.4. The summed E-state index contributed by atoms with van der Waals surface area (Å²) in [4.78, 5) is 12.8. The van der Waals surface area contributed by atoms with Gasteiger partial charge in [-0.1, -0.05) is 12.1 Å². The van der Waals surface area contributed by atoms with Gasteiger partial charge < -0.3 is 24.9 Å². The molecule has 0 amide bonds. The van der Waals surface area contributed by atoms with Gasteiger partial charge in [0.1, 0.15) is 17.2 Å². The van der Waals surface area contributed by atoms with Crippen LogP contribution in [0.2, 0.25) is 0 Å². The second kappa shape index (κ2) is 8.41. The Balaban J connectivity index is 0.00000120. The number of rotatable bonds is 3. The molecule has 154 valence electrons. The van der Waals surface area contributed by atoms with E-state index in [1.54, 1.807) is 7.11 Å². The average Bonchev–Trinajstić information content (AvgIpc) is 3.31. The first kappa shape index (κ1) is 21.1. The summed E-state index contributed by atoms with van der Waals surface area (Å²) >= 11 is 0. The highest BCUT2D eigenvalue weighted by atomic mass is 35.5. The van der Waals surface area contributed by atoms with Crippen molar-refractivity contribution in [2.24, 2.45) is 0 Å². The highest BCUT2D eigenvalue weighted by molar-refractivity contribution is 5.87. The minimum absolute atomic E-state index is 0. The first-order valence-corrected chi connectivity index (χ1v) is 9.37. The minimum Gasteiger partial charge on any atom is -0.493 e. The average molecular weight is 417 g/mol. The van der Waals surface area contributed by atoms with Crippen molar-refractivity contribution in [2.45, 2.75) is 31.7 Å². The summed E-state index contributed by atoms with van der Waals surface area (Å²) in [7, 11) is 1.65. The van der Waals surface area contributed by atoms with Gasteiger partial charge in [0, 0.05) is 17.3 Å². The number of hydrogen-bond donors (Lipinski definition) is 2. The second-order valence-electron chi connectivity index (χ2n) is 7.27.